The van der Waals surface area contributed by atoms with Crippen molar-refractivity contribution in [2.75, 3.05) is 13.7 Å². The maximum Gasteiger partial charge on any atom is 0.335 e. The Balaban J connectivity index is 1.52. The molecule has 0 aliphatic rings. The minimum Gasteiger partial charge on any atom is -0.493 e. The number of ether oxygens (including phenoxy) is 3. The van der Waals surface area contributed by atoms with Crippen LogP contribution in [0.1, 0.15) is 45.2 Å². The molecule has 0 fully saturated rings. The SMILES string of the molecule is CCCOc1ccc(C(=O)N/N=C/c2ccc(OCc3ccc(C(=O)O)cc3)cc2)cc1OC. The zero-order valence-corrected chi connectivity index (χ0v) is 19.0. The Bertz CT molecular complexity index is 1140. The van der Waals surface area contributed by atoms with Crippen LogP contribution in [0.15, 0.2) is 71.8 Å². The highest BCUT2D eigenvalue weighted by Gasteiger charge is 2.10. The second-order valence-electron chi connectivity index (χ2n) is 7.27. The second kappa shape index (κ2) is 12.1. The van der Waals surface area contributed by atoms with Crippen molar-refractivity contribution in [1.29, 1.82) is 0 Å². The van der Waals surface area contributed by atoms with Gasteiger partial charge in [0.15, 0.2) is 11.5 Å². The molecule has 3 aromatic rings. The first-order valence-corrected chi connectivity index (χ1v) is 10.7. The molecule has 3 rings (SSSR count). The maximum absolute atomic E-state index is 12.4. The zero-order valence-electron chi connectivity index (χ0n) is 19.0. The first-order valence-electron chi connectivity index (χ1n) is 10.7. The van der Waals surface area contributed by atoms with Crippen LogP contribution in [-0.4, -0.2) is 36.9 Å². The molecule has 1 amide bonds. The molecule has 8 heteroatoms. The van der Waals surface area contributed by atoms with E-state index in [1.165, 1.54) is 13.3 Å². The first-order chi connectivity index (χ1) is 16.5. The van der Waals surface area contributed by atoms with Crippen molar-refractivity contribution in [1.82, 2.24) is 5.43 Å². The van der Waals surface area contributed by atoms with Crippen molar-refractivity contribution in [3.05, 3.63) is 89.0 Å². The lowest BCUT2D eigenvalue weighted by molar-refractivity contribution is 0.0696. The number of nitrogens with zero attached hydrogens (tertiary/aromatic N) is 1. The normalized spacial score (nSPS) is 10.6. The molecule has 2 N–H and O–H groups in total. The molecule has 0 aliphatic carbocycles. The summed E-state index contributed by atoms with van der Waals surface area (Å²) in [6.45, 7) is 2.89. The minimum atomic E-state index is -0.962. The van der Waals surface area contributed by atoms with Crippen LogP contribution >= 0.6 is 0 Å². The van der Waals surface area contributed by atoms with Gasteiger partial charge in [-0.2, -0.15) is 5.10 Å². The molecule has 8 nitrogen and oxygen atoms in total. The van der Waals surface area contributed by atoms with Gasteiger partial charge in [-0.15, -0.1) is 0 Å². The number of hydrogen-bond acceptors (Lipinski definition) is 6. The molecule has 3 aromatic carbocycles. The van der Waals surface area contributed by atoms with Crippen molar-refractivity contribution >= 4 is 18.1 Å². The number of methoxy groups -OCH3 is 1. The summed E-state index contributed by atoms with van der Waals surface area (Å²) in [6, 6.07) is 18.7. The van der Waals surface area contributed by atoms with E-state index < -0.39 is 5.97 Å². The van der Waals surface area contributed by atoms with Gasteiger partial charge in [0.2, 0.25) is 0 Å². The van der Waals surface area contributed by atoms with Gasteiger partial charge >= 0.3 is 5.97 Å². The van der Waals surface area contributed by atoms with E-state index in [0.29, 0.717) is 36.0 Å². The summed E-state index contributed by atoms with van der Waals surface area (Å²) in [4.78, 5) is 23.3. The summed E-state index contributed by atoms with van der Waals surface area (Å²) in [5.74, 6) is 0.393. The van der Waals surface area contributed by atoms with Gasteiger partial charge in [-0.3, -0.25) is 4.79 Å². The lowest BCUT2D eigenvalue weighted by Gasteiger charge is -2.11. The molecule has 0 bridgehead atoms. The highest BCUT2D eigenvalue weighted by atomic mass is 16.5. The Labute approximate surface area is 197 Å². The second-order valence-corrected chi connectivity index (χ2v) is 7.27. The van der Waals surface area contributed by atoms with Crippen molar-refractivity contribution in [3.63, 3.8) is 0 Å². The van der Waals surface area contributed by atoms with E-state index in [1.807, 2.05) is 6.92 Å². The number of aromatic carboxylic acids is 1. The molecular weight excluding hydrogens is 436 g/mol. The molecule has 0 saturated heterocycles. The third-order valence-electron chi connectivity index (χ3n) is 4.75. The van der Waals surface area contributed by atoms with Gasteiger partial charge < -0.3 is 19.3 Å². The van der Waals surface area contributed by atoms with E-state index in [0.717, 1.165) is 17.5 Å². The van der Waals surface area contributed by atoms with Crippen molar-refractivity contribution in [3.8, 4) is 17.2 Å². The van der Waals surface area contributed by atoms with Crippen LogP contribution in [0.25, 0.3) is 0 Å². The van der Waals surface area contributed by atoms with Crippen LogP contribution < -0.4 is 19.6 Å². The molecule has 0 unspecified atom stereocenters. The van der Waals surface area contributed by atoms with E-state index in [9.17, 15) is 9.59 Å². The summed E-state index contributed by atoms with van der Waals surface area (Å²) < 4.78 is 16.6. The van der Waals surface area contributed by atoms with Crippen LogP contribution in [0.3, 0.4) is 0 Å². The number of carbonyl (C=O) groups is 2. The number of hydrogen-bond donors (Lipinski definition) is 2. The number of nitrogens with one attached hydrogen (secondary N) is 1. The molecule has 34 heavy (non-hydrogen) atoms. The van der Waals surface area contributed by atoms with Gasteiger partial charge in [0.25, 0.3) is 5.91 Å². The molecule has 0 aromatic heterocycles. The fourth-order valence-corrected chi connectivity index (χ4v) is 2.93. The van der Waals surface area contributed by atoms with Crippen LogP contribution in [0.5, 0.6) is 17.2 Å². The van der Waals surface area contributed by atoms with Crippen LogP contribution in [0.2, 0.25) is 0 Å². The number of carboxylic acids is 1. The summed E-state index contributed by atoms with van der Waals surface area (Å²) in [7, 11) is 1.52. The lowest BCUT2D eigenvalue weighted by Crippen LogP contribution is -2.17. The van der Waals surface area contributed by atoms with Crippen LogP contribution in [-0.2, 0) is 6.61 Å². The van der Waals surface area contributed by atoms with Crippen LogP contribution in [0.4, 0.5) is 0 Å². The third kappa shape index (κ3) is 6.83. The highest BCUT2D eigenvalue weighted by molar-refractivity contribution is 5.95. The number of amides is 1. The fourth-order valence-electron chi connectivity index (χ4n) is 2.93. The van der Waals surface area contributed by atoms with Gasteiger partial charge in [0.05, 0.1) is 25.5 Å². The summed E-state index contributed by atoms with van der Waals surface area (Å²) in [6.07, 6.45) is 2.40. The highest BCUT2D eigenvalue weighted by Crippen LogP contribution is 2.28. The van der Waals surface area contributed by atoms with E-state index in [4.69, 9.17) is 19.3 Å². The maximum atomic E-state index is 12.4. The van der Waals surface area contributed by atoms with Crippen molar-refractivity contribution in [2.45, 2.75) is 20.0 Å². The largest absolute Gasteiger partial charge is 0.493 e. The lowest BCUT2D eigenvalue weighted by atomic mass is 10.1. The van der Waals surface area contributed by atoms with E-state index in [2.05, 4.69) is 10.5 Å². The number of hydrazone groups is 1. The smallest absolute Gasteiger partial charge is 0.335 e. The predicted molar refractivity (Wildman–Crippen MR) is 128 cm³/mol. The number of carbonyl (C=O) groups excluding carboxylic acids is 1. The number of carboxylic acid groups (broad SMARTS) is 1. The quantitative estimate of drug-likeness (QED) is 0.320. The standard InChI is InChI=1S/C26H26N2O6/c1-3-14-33-23-13-10-21(15-24(23)32-2)25(29)28-27-16-18-6-11-22(12-7-18)34-17-19-4-8-20(9-5-19)26(30)31/h4-13,15-16H,3,14,17H2,1-2H3,(H,28,29)(H,30,31)/b27-16+. The molecular formula is C26H26N2O6. The van der Waals surface area contributed by atoms with Gasteiger partial charge in [-0.1, -0.05) is 19.1 Å². The van der Waals surface area contributed by atoms with E-state index in [1.54, 1.807) is 66.7 Å². The molecule has 0 radical (unpaired) electrons. The van der Waals surface area contributed by atoms with Gasteiger partial charge in [-0.05, 0) is 72.1 Å². The molecule has 0 spiro atoms. The Morgan fingerprint density at radius 1 is 0.941 bits per heavy atom. The third-order valence-corrected chi connectivity index (χ3v) is 4.75. The topological polar surface area (TPSA) is 106 Å². The van der Waals surface area contributed by atoms with Crippen molar-refractivity contribution < 1.29 is 28.9 Å². The molecule has 0 atom stereocenters. The molecule has 0 aliphatic heterocycles. The van der Waals surface area contributed by atoms with Crippen LogP contribution in [0, 0.1) is 0 Å². The Hall–Kier alpha value is -4.33. The van der Waals surface area contributed by atoms with Gasteiger partial charge in [0.1, 0.15) is 12.4 Å². The molecule has 0 saturated carbocycles. The average Bonchev–Trinajstić information content (AvgIpc) is 2.87. The number of benzene rings is 3. The van der Waals surface area contributed by atoms with Gasteiger partial charge in [-0.25, -0.2) is 10.2 Å². The van der Waals surface area contributed by atoms with Crippen molar-refractivity contribution in [2.24, 2.45) is 5.10 Å². The Kier molecular flexibility index (Phi) is 8.62. The van der Waals surface area contributed by atoms with E-state index >= 15 is 0 Å². The van der Waals surface area contributed by atoms with Gasteiger partial charge in [0, 0.05) is 5.56 Å². The minimum absolute atomic E-state index is 0.233. The molecule has 0 heterocycles. The zero-order chi connectivity index (χ0) is 24.3. The molecule has 176 valence electrons. The van der Waals surface area contributed by atoms with E-state index in [-0.39, 0.29) is 11.5 Å². The predicted octanol–water partition coefficient (Wildman–Crippen LogP) is 4.53. The Morgan fingerprint density at radius 3 is 2.29 bits per heavy atom. The fraction of sp³-hybridized carbons (Fsp3) is 0.192. The Morgan fingerprint density at radius 2 is 1.65 bits per heavy atom. The summed E-state index contributed by atoms with van der Waals surface area (Å²) >= 11 is 0. The number of rotatable bonds is 11. The summed E-state index contributed by atoms with van der Waals surface area (Å²) in [5.41, 5.74) is 4.77. The summed E-state index contributed by atoms with van der Waals surface area (Å²) in [5, 5.41) is 12.9. The first kappa shape index (κ1) is 24.3. The average molecular weight is 463 g/mol. The monoisotopic (exact) mass is 462 g/mol.